The van der Waals surface area contributed by atoms with E-state index in [-0.39, 0.29) is 0 Å². The van der Waals surface area contributed by atoms with Crippen LogP contribution in [0.2, 0.25) is 0 Å². The van der Waals surface area contributed by atoms with E-state index in [9.17, 15) is 0 Å². The Morgan fingerprint density at radius 2 is 1.77 bits per heavy atom. The van der Waals surface area contributed by atoms with Gasteiger partial charge in [0.2, 0.25) is 0 Å². The number of benzene rings is 2. The maximum atomic E-state index is 5.55. The molecule has 4 atom stereocenters. The monoisotopic (exact) mass is 350 g/mol. The molecule has 1 aliphatic carbocycles. The Morgan fingerprint density at radius 3 is 2.62 bits per heavy atom. The maximum absolute atomic E-state index is 5.55. The Morgan fingerprint density at radius 1 is 1.00 bits per heavy atom. The molecule has 1 aliphatic heterocycles. The number of rotatable bonds is 5. The van der Waals surface area contributed by atoms with E-state index in [4.69, 9.17) is 4.74 Å². The second kappa shape index (κ2) is 8.24. The molecule has 3 nitrogen and oxygen atoms in total. The maximum Gasteiger partial charge on any atom is 0.123 e. The summed E-state index contributed by atoms with van der Waals surface area (Å²) in [6.07, 6.45) is 5.47. The summed E-state index contributed by atoms with van der Waals surface area (Å²) >= 11 is 0. The first-order valence-electron chi connectivity index (χ1n) is 10.0. The van der Waals surface area contributed by atoms with Gasteiger partial charge in [0.1, 0.15) is 5.75 Å². The Bertz CT molecular complexity index is 702. The summed E-state index contributed by atoms with van der Waals surface area (Å²) in [5.74, 6) is 2.53. The number of nitrogens with one attached hydrogen (secondary N) is 2. The van der Waals surface area contributed by atoms with Crippen LogP contribution in [0.25, 0.3) is 0 Å². The largest absolute Gasteiger partial charge is 0.496 e. The van der Waals surface area contributed by atoms with Gasteiger partial charge in [-0.05, 0) is 42.9 Å². The highest BCUT2D eigenvalue weighted by molar-refractivity contribution is 5.33. The third-order valence-electron chi connectivity index (χ3n) is 6.27. The van der Waals surface area contributed by atoms with Crippen LogP contribution in [-0.2, 0) is 6.54 Å². The number of piperidine rings is 1. The lowest BCUT2D eigenvalue weighted by atomic mass is 9.69. The van der Waals surface area contributed by atoms with Gasteiger partial charge < -0.3 is 15.4 Å². The molecule has 2 fully saturated rings. The van der Waals surface area contributed by atoms with Crippen molar-refractivity contribution in [2.75, 3.05) is 13.7 Å². The van der Waals surface area contributed by atoms with Gasteiger partial charge in [0, 0.05) is 24.2 Å². The number of fused-ring (bicyclic) bond motifs is 1. The molecule has 2 aromatic rings. The highest BCUT2D eigenvalue weighted by atomic mass is 16.5. The highest BCUT2D eigenvalue weighted by Gasteiger charge is 2.40. The summed E-state index contributed by atoms with van der Waals surface area (Å²) in [4.78, 5) is 0. The first-order chi connectivity index (χ1) is 12.9. The molecule has 0 aromatic heterocycles. The van der Waals surface area contributed by atoms with Gasteiger partial charge in [-0.15, -0.1) is 0 Å². The van der Waals surface area contributed by atoms with Crippen LogP contribution in [0.15, 0.2) is 54.6 Å². The average Bonchev–Trinajstić information content (AvgIpc) is 2.72. The number of hydrogen-bond donors (Lipinski definition) is 2. The molecule has 0 amide bonds. The zero-order valence-electron chi connectivity index (χ0n) is 15.7. The predicted molar refractivity (Wildman–Crippen MR) is 106 cm³/mol. The molecule has 1 heterocycles. The molecular formula is C23H30N2O. The van der Waals surface area contributed by atoms with Crippen LogP contribution in [0.4, 0.5) is 0 Å². The lowest BCUT2D eigenvalue weighted by molar-refractivity contribution is 0.104. The topological polar surface area (TPSA) is 33.3 Å². The van der Waals surface area contributed by atoms with Crippen molar-refractivity contribution in [2.24, 2.45) is 11.8 Å². The van der Waals surface area contributed by atoms with Crippen LogP contribution in [-0.4, -0.2) is 19.7 Å². The van der Waals surface area contributed by atoms with E-state index >= 15 is 0 Å². The van der Waals surface area contributed by atoms with Crippen LogP contribution in [0.5, 0.6) is 5.75 Å². The second-order valence-electron chi connectivity index (χ2n) is 7.72. The SMILES string of the molecule is COc1ccccc1CNC1C(c2ccccc2)NCC2CCCCC21. The Labute approximate surface area is 157 Å². The predicted octanol–water partition coefficient (Wildman–Crippen LogP) is 4.30. The van der Waals surface area contributed by atoms with E-state index < -0.39 is 0 Å². The summed E-state index contributed by atoms with van der Waals surface area (Å²) in [6.45, 7) is 2.00. The summed E-state index contributed by atoms with van der Waals surface area (Å²) < 4.78 is 5.55. The molecule has 2 aliphatic rings. The molecule has 1 saturated carbocycles. The van der Waals surface area contributed by atoms with E-state index in [0.717, 1.165) is 30.7 Å². The fourth-order valence-corrected chi connectivity index (χ4v) is 4.95. The van der Waals surface area contributed by atoms with Gasteiger partial charge in [-0.3, -0.25) is 0 Å². The molecule has 3 heteroatoms. The van der Waals surface area contributed by atoms with Crippen molar-refractivity contribution >= 4 is 0 Å². The van der Waals surface area contributed by atoms with Crippen molar-refractivity contribution in [3.8, 4) is 5.75 Å². The van der Waals surface area contributed by atoms with E-state index in [1.165, 1.54) is 36.8 Å². The fourth-order valence-electron chi connectivity index (χ4n) is 4.95. The first-order valence-corrected chi connectivity index (χ1v) is 10.0. The smallest absolute Gasteiger partial charge is 0.123 e. The molecule has 2 N–H and O–H groups in total. The molecule has 26 heavy (non-hydrogen) atoms. The summed E-state index contributed by atoms with van der Waals surface area (Å²) in [7, 11) is 1.75. The van der Waals surface area contributed by atoms with Gasteiger partial charge in [0.15, 0.2) is 0 Å². The summed E-state index contributed by atoms with van der Waals surface area (Å²) in [5, 5.41) is 7.77. The summed E-state index contributed by atoms with van der Waals surface area (Å²) in [5.41, 5.74) is 2.63. The number of methoxy groups -OCH3 is 1. The Balaban J connectivity index is 1.57. The standard InChI is InChI=1S/C23H30N2O/c1-26-21-14-8-6-12-19(21)16-25-23-20-13-7-5-11-18(20)15-24-22(23)17-9-3-2-4-10-17/h2-4,6,8-10,12,14,18,20,22-25H,5,7,11,13,15-16H2,1H3. The van der Waals surface area contributed by atoms with Crippen molar-refractivity contribution in [3.63, 3.8) is 0 Å². The van der Waals surface area contributed by atoms with Gasteiger partial charge >= 0.3 is 0 Å². The Hall–Kier alpha value is -1.84. The van der Waals surface area contributed by atoms with Gasteiger partial charge in [-0.25, -0.2) is 0 Å². The highest BCUT2D eigenvalue weighted by Crippen LogP contribution is 2.40. The minimum absolute atomic E-state index is 0.380. The number of ether oxygens (including phenoxy) is 1. The van der Waals surface area contributed by atoms with Gasteiger partial charge in [-0.1, -0.05) is 61.4 Å². The van der Waals surface area contributed by atoms with Gasteiger partial charge in [0.25, 0.3) is 0 Å². The molecule has 0 bridgehead atoms. The van der Waals surface area contributed by atoms with Gasteiger partial charge in [-0.2, -0.15) is 0 Å². The van der Waals surface area contributed by atoms with Crippen LogP contribution in [0.3, 0.4) is 0 Å². The van der Waals surface area contributed by atoms with Crippen molar-refractivity contribution in [1.29, 1.82) is 0 Å². The molecular weight excluding hydrogens is 320 g/mol. The van der Waals surface area contributed by atoms with Crippen LogP contribution >= 0.6 is 0 Å². The minimum Gasteiger partial charge on any atom is -0.496 e. The second-order valence-corrected chi connectivity index (χ2v) is 7.72. The van der Waals surface area contributed by atoms with E-state index in [1.54, 1.807) is 7.11 Å². The van der Waals surface area contributed by atoms with E-state index in [1.807, 2.05) is 12.1 Å². The lowest BCUT2D eigenvalue weighted by Crippen LogP contribution is -2.55. The average molecular weight is 351 g/mol. The van der Waals surface area contributed by atoms with Crippen LogP contribution in [0.1, 0.15) is 42.9 Å². The number of hydrogen-bond acceptors (Lipinski definition) is 3. The van der Waals surface area contributed by atoms with Crippen LogP contribution in [0, 0.1) is 11.8 Å². The quantitative estimate of drug-likeness (QED) is 0.843. The molecule has 2 aromatic carbocycles. The van der Waals surface area contributed by atoms with E-state index in [0.29, 0.717) is 12.1 Å². The fraction of sp³-hybridized carbons (Fsp3) is 0.478. The molecule has 0 radical (unpaired) electrons. The lowest BCUT2D eigenvalue weighted by Gasteiger charge is -2.47. The third kappa shape index (κ3) is 3.65. The summed E-state index contributed by atoms with van der Waals surface area (Å²) in [6, 6.07) is 20.1. The van der Waals surface area contributed by atoms with Crippen molar-refractivity contribution < 1.29 is 4.74 Å². The molecule has 138 valence electrons. The van der Waals surface area contributed by atoms with E-state index in [2.05, 4.69) is 53.1 Å². The van der Waals surface area contributed by atoms with Crippen molar-refractivity contribution in [3.05, 3.63) is 65.7 Å². The molecule has 0 spiro atoms. The Kier molecular flexibility index (Phi) is 5.57. The number of para-hydroxylation sites is 1. The van der Waals surface area contributed by atoms with Crippen molar-refractivity contribution in [1.82, 2.24) is 10.6 Å². The molecule has 4 unspecified atom stereocenters. The first kappa shape index (κ1) is 17.6. The van der Waals surface area contributed by atoms with Crippen LogP contribution < -0.4 is 15.4 Å². The zero-order chi connectivity index (χ0) is 17.8. The molecule has 1 saturated heterocycles. The van der Waals surface area contributed by atoms with Crippen molar-refractivity contribution in [2.45, 2.75) is 44.3 Å². The minimum atomic E-state index is 0.380. The van der Waals surface area contributed by atoms with Gasteiger partial charge in [0.05, 0.1) is 7.11 Å². The molecule has 4 rings (SSSR count). The third-order valence-corrected chi connectivity index (χ3v) is 6.27. The normalized spacial score (nSPS) is 28.3. The zero-order valence-corrected chi connectivity index (χ0v) is 15.7.